The van der Waals surface area contributed by atoms with Crippen LogP contribution < -0.4 is 5.32 Å². The summed E-state index contributed by atoms with van der Waals surface area (Å²) in [5.41, 5.74) is 0.653. The maximum Gasteiger partial charge on any atom is 0.148 e. The second-order valence-corrected chi connectivity index (χ2v) is 8.57. The third-order valence-electron chi connectivity index (χ3n) is 4.36. The molecule has 1 aliphatic heterocycles. The lowest BCUT2D eigenvalue weighted by molar-refractivity contribution is 0.0315. The smallest absolute Gasteiger partial charge is 0.148 e. The molecule has 0 bridgehead atoms. The molecule has 2 heterocycles. The van der Waals surface area contributed by atoms with E-state index in [4.69, 9.17) is 4.74 Å². The Balaban J connectivity index is 1.77. The second kappa shape index (κ2) is 6.45. The minimum atomic E-state index is -3.04. The van der Waals surface area contributed by atoms with Crippen molar-refractivity contribution in [1.82, 2.24) is 4.98 Å². The van der Waals surface area contributed by atoms with Gasteiger partial charge in [0.2, 0.25) is 0 Å². The molecule has 1 aromatic heterocycles. The summed E-state index contributed by atoms with van der Waals surface area (Å²) in [7, 11) is -3.04. The Labute approximate surface area is 137 Å². The summed E-state index contributed by atoms with van der Waals surface area (Å²) in [6.07, 6.45) is 2.81. The number of para-hydroxylation sites is 1. The number of sulfone groups is 1. The predicted molar refractivity (Wildman–Crippen MR) is 92.4 cm³/mol. The lowest BCUT2D eigenvalue weighted by Crippen LogP contribution is -2.41. The fourth-order valence-electron chi connectivity index (χ4n) is 3.18. The van der Waals surface area contributed by atoms with E-state index in [1.807, 2.05) is 36.4 Å². The number of hydrogen-bond donors (Lipinski definition) is 1. The van der Waals surface area contributed by atoms with Crippen LogP contribution in [0.1, 0.15) is 12.8 Å². The van der Waals surface area contributed by atoms with Crippen LogP contribution >= 0.6 is 0 Å². The van der Waals surface area contributed by atoms with Crippen molar-refractivity contribution in [2.45, 2.75) is 12.8 Å². The molecule has 1 saturated heterocycles. The maximum atomic E-state index is 11.8. The molecule has 0 atom stereocenters. The van der Waals surface area contributed by atoms with Crippen LogP contribution in [-0.2, 0) is 14.6 Å². The number of nitrogens with zero attached hydrogens (tertiary/aromatic N) is 1. The highest BCUT2D eigenvalue weighted by atomic mass is 32.2. The van der Waals surface area contributed by atoms with Gasteiger partial charge in [0.1, 0.15) is 15.7 Å². The lowest BCUT2D eigenvalue weighted by atomic mass is 9.82. The average molecular weight is 334 g/mol. The summed E-state index contributed by atoms with van der Waals surface area (Å²) in [6.45, 7) is 1.82. The molecule has 0 aliphatic carbocycles. The summed E-state index contributed by atoms with van der Waals surface area (Å²) in [5.74, 6) is 0.965. The van der Waals surface area contributed by atoms with Crippen molar-refractivity contribution in [2.24, 2.45) is 5.41 Å². The first-order valence-corrected chi connectivity index (χ1v) is 9.87. The van der Waals surface area contributed by atoms with Crippen LogP contribution in [0.3, 0.4) is 0 Å². The van der Waals surface area contributed by atoms with Crippen LogP contribution in [-0.4, -0.2) is 45.2 Å². The zero-order chi connectivity index (χ0) is 16.3. The maximum absolute atomic E-state index is 11.8. The molecule has 1 aromatic carbocycles. The topological polar surface area (TPSA) is 68.3 Å². The zero-order valence-electron chi connectivity index (χ0n) is 13.3. The van der Waals surface area contributed by atoms with Crippen LogP contribution in [0.5, 0.6) is 0 Å². The summed E-state index contributed by atoms with van der Waals surface area (Å²) in [4.78, 5) is 4.60. The van der Waals surface area contributed by atoms with Gasteiger partial charge in [-0.1, -0.05) is 18.2 Å². The minimum absolute atomic E-state index is 0.184. The number of nitrogens with one attached hydrogen (secondary N) is 1. The zero-order valence-corrected chi connectivity index (χ0v) is 14.1. The number of ether oxygens (including phenoxy) is 1. The number of benzene rings is 1. The molecule has 1 aliphatic rings. The molecule has 124 valence electrons. The number of aromatic nitrogens is 1. The van der Waals surface area contributed by atoms with Gasteiger partial charge in [-0.3, -0.25) is 0 Å². The molecule has 23 heavy (non-hydrogen) atoms. The molecule has 2 aromatic rings. The third-order valence-corrected chi connectivity index (χ3v) is 5.50. The Bertz CT molecular complexity index is 783. The van der Waals surface area contributed by atoms with E-state index in [0.29, 0.717) is 19.8 Å². The molecule has 1 fully saturated rings. The summed E-state index contributed by atoms with van der Waals surface area (Å²) in [5, 5.41) is 4.43. The SMILES string of the molecule is CS(=O)(=O)CC1(CNc2ccc3ccccc3n2)CCOCC1. The molecule has 3 rings (SSSR count). The van der Waals surface area contributed by atoms with Gasteiger partial charge in [0.05, 0.1) is 11.3 Å². The Morgan fingerprint density at radius 3 is 2.65 bits per heavy atom. The molecule has 0 unspecified atom stereocenters. The Morgan fingerprint density at radius 2 is 1.91 bits per heavy atom. The lowest BCUT2D eigenvalue weighted by Gasteiger charge is -2.36. The van der Waals surface area contributed by atoms with Crippen molar-refractivity contribution in [3.8, 4) is 0 Å². The van der Waals surface area contributed by atoms with Gasteiger partial charge in [-0.2, -0.15) is 0 Å². The van der Waals surface area contributed by atoms with E-state index in [9.17, 15) is 8.42 Å². The predicted octanol–water partition coefficient (Wildman–Crippen LogP) is 2.49. The number of pyridine rings is 1. The van der Waals surface area contributed by atoms with Crippen LogP contribution in [0.15, 0.2) is 36.4 Å². The third kappa shape index (κ3) is 4.20. The van der Waals surface area contributed by atoms with Gasteiger partial charge in [-0.05, 0) is 31.0 Å². The fraction of sp³-hybridized carbons (Fsp3) is 0.471. The number of anilines is 1. The van der Waals surface area contributed by atoms with Gasteiger partial charge < -0.3 is 10.1 Å². The largest absolute Gasteiger partial charge is 0.381 e. The normalized spacial score (nSPS) is 18.0. The molecule has 0 amide bonds. The standard InChI is InChI=1S/C17H22N2O3S/c1-23(20,21)13-17(8-10-22-11-9-17)12-18-16-7-6-14-4-2-3-5-15(14)19-16/h2-7H,8-13H2,1H3,(H,18,19). The van der Waals surface area contributed by atoms with E-state index in [1.54, 1.807) is 0 Å². The molecule has 5 nitrogen and oxygen atoms in total. The highest BCUT2D eigenvalue weighted by molar-refractivity contribution is 7.90. The van der Waals surface area contributed by atoms with Crippen molar-refractivity contribution in [3.63, 3.8) is 0 Å². The van der Waals surface area contributed by atoms with E-state index in [1.165, 1.54) is 6.26 Å². The number of rotatable bonds is 5. The highest BCUT2D eigenvalue weighted by Gasteiger charge is 2.35. The molecule has 6 heteroatoms. The van der Waals surface area contributed by atoms with E-state index in [2.05, 4.69) is 10.3 Å². The Hall–Kier alpha value is -1.66. The van der Waals surface area contributed by atoms with Crippen LogP contribution in [0.25, 0.3) is 10.9 Å². The molecular formula is C17H22N2O3S. The molecule has 0 spiro atoms. The van der Waals surface area contributed by atoms with E-state index in [-0.39, 0.29) is 11.2 Å². The molecule has 1 N–H and O–H groups in total. The van der Waals surface area contributed by atoms with Crippen LogP contribution in [0.4, 0.5) is 5.82 Å². The van der Waals surface area contributed by atoms with Gasteiger partial charge >= 0.3 is 0 Å². The first-order chi connectivity index (χ1) is 11.0. The monoisotopic (exact) mass is 334 g/mol. The molecular weight excluding hydrogens is 312 g/mol. The first kappa shape index (κ1) is 16.2. The van der Waals surface area contributed by atoms with Gasteiger partial charge in [-0.25, -0.2) is 13.4 Å². The first-order valence-electron chi connectivity index (χ1n) is 7.81. The van der Waals surface area contributed by atoms with Crippen molar-refractivity contribution >= 4 is 26.6 Å². The molecule has 0 radical (unpaired) electrons. The number of fused-ring (bicyclic) bond motifs is 1. The number of hydrogen-bond acceptors (Lipinski definition) is 5. The van der Waals surface area contributed by atoms with E-state index >= 15 is 0 Å². The molecule has 0 saturated carbocycles. The van der Waals surface area contributed by atoms with Crippen molar-refractivity contribution < 1.29 is 13.2 Å². The fourth-order valence-corrected chi connectivity index (χ4v) is 4.68. The van der Waals surface area contributed by atoms with Gasteiger partial charge in [0, 0.05) is 36.8 Å². The van der Waals surface area contributed by atoms with Crippen molar-refractivity contribution in [1.29, 1.82) is 0 Å². The summed E-state index contributed by atoms with van der Waals surface area (Å²) >= 11 is 0. The van der Waals surface area contributed by atoms with Crippen LogP contribution in [0, 0.1) is 5.41 Å². The minimum Gasteiger partial charge on any atom is -0.381 e. The summed E-state index contributed by atoms with van der Waals surface area (Å²) in [6, 6.07) is 11.9. The van der Waals surface area contributed by atoms with Crippen molar-refractivity contribution in [3.05, 3.63) is 36.4 Å². The second-order valence-electron chi connectivity index (χ2n) is 6.43. The summed E-state index contributed by atoms with van der Waals surface area (Å²) < 4.78 is 29.0. The van der Waals surface area contributed by atoms with Crippen LogP contribution in [0.2, 0.25) is 0 Å². The van der Waals surface area contributed by atoms with Gasteiger partial charge in [-0.15, -0.1) is 0 Å². The average Bonchev–Trinajstić information content (AvgIpc) is 2.52. The van der Waals surface area contributed by atoms with E-state index < -0.39 is 9.84 Å². The van der Waals surface area contributed by atoms with Crippen molar-refractivity contribution in [2.75, 3.05) is 37.1 Å². The van der Waals surface area contributed by atoms with E-state index in [0.717, 1.165) is 29.6 Å². The Morgan fingerprint density at radius 1 is 1.17 bits per heavy atom. The quantitative estimate of drug-likeness (QED) is 0.910. The highest BCUT2D eigenvalue weighted by Crippen LogP contribution is 2.32. The van der Waals surface area contributed by atoms with Gasteiger partial charge in [0.15, 0.2) is 0 Å². The van der Waals surface area contributed by atoms with Gasteiger partial charge in [0.25, 0.3) is 0 Å². The Kier molecular flexibility index (Phi) is 4.55.